The number of aromatic hydroxyl groups is 1. The summed E-state index contributed by atoms with van der Waals surface area (Å²) < 4.78 is 27.5. The number of rotatable bonds is 6. The van der Waals surface area contributed by atoms with Crippen LogP contribution in [0.1, 0.15) is 22.8 Å². The summed E-state index contributed by atoms with van der Waals surface area (Å²) in [6.45, 7) is 1.55. The minimum absolute atomic E-state index is 0.0479. The Hall–Kier alpha value is -2.59. The monoisotopic (exact) mass is 483 g/mol. The molecule has 3 N–H and O–H groups in total. The molecule has 0 fully saturated rings. The highest BCUT2D eigenvalue weighted by molar-refractivity contribution is 7.94. The number of amides is 1. The number of halogens is 2. The lowest BCUT2D eigenvalue weighted by Gasteiger charge is -2.11. The Morgan fingerprint density at radius 2 is 1.83 bits per heavy atom. The van der Waals surface area contributed by atoms with Crippen molar-refractivity contribution in [3.05, 3.63) is 75.1 Å². The SMILES string of the molecule is C/C(=N\NC(=O)c1ccccc1NS(=O)(=O)c1cccs1)c1cc(Cl)cc(Cl)c1O. The molecule has 0 spiro atoms. The van der Waals surface area contributed by atoms with Crippen molar-refractivity contribution in [1.82, 2.24) is 5.43 Å². The Labute approximate surface area is 187 Å². The van der Waals surface area contributed by atoms with E-state index in [1.807, 2.05) is 0 Å². The molecule has 0 atom stereocenters. The molecule has 2 aromatic carbocycles. The number of benzene rings is 2. The number of hydrogen-bond donors (Lipinski definition) is 3. The van der Waals surface area contributed by atoms with Crippen LogP contribution >= 0.6 is 34.5 Å². The first-order valence-corrected chi connectivity index (χ1v) is 11.5. The van der Waals surface area contributed by atoms with Gasteiger partial charge in [-0.25, -0.2) is 13.8 Å². The Balaban J connectivity index is 1.84. The Morgan fingerprint density at radius 3 is 2.53 bits per heavy atom. The summed E-state index contributed by atoms with van der Waals surface area (Å²) in [5, 5.41) is 16.0. The molecule has 0 saturated heterocycles. The summed E-state index contributed by atoms with van der Waals surface area (Å²) in [5.41, 5.74) is 3.02. The highest BCUT2D eigenvalue weighted by Gasteiger charge is 2.19. The molecule has 3 rings (SSSR count). The minimum Gasteiger partial charge on any atom is -0.506 e. The van der Waals surface area contributed by atoms with E-state index < -0.39 is 15.9 Å². The molecule has 0 bridgehead atoms. The van der Waals surface area contributed by atoms with E-state index in [0.717, 1.165) is 11.3 Å². The lowest BCUT2D eigenvalue weighted by atomic mass is 10.1. The van der Waals surface area contributed by atoms with Gasteiger partial charge in [0.2, 0.25) is 0 Å². The van der Waals surface area contributed by atoms with E-state index in [2.05, 4.69) is 15.2 Å². The van der Waals surface area contributed by atoms with Crippen LogP contribution in [0, 0.1) is 0 Å². The molecule has 0 aliphatic carbocycles. The van der Waals surface area contributed by atoms with Gasteiger partial charge in [0.1, 0.15) is 9.96 Å². The van der Waals surface area contributed by atoms with Gasteiger partial charge in [-0.2, -0.15) is 5.10 Å². The molecule has 156 valence electrons. The van der Waals surface area contributed by atoms with Crippen LogP contribution in [0.5, 0.6) is 5.75 Å². The predicted molar refractivity (Wildman–Crippen MR) is 119 cm³/mol. The van der Waals surface area contributed by atoms with Crippen LogP contribution in [0.3, 0.4) is 0 Å². The van der Waals surface area contributed by atoms with E-state index in [9.17, 15) is 18.3 Å². The topological polar surface area (TPSA) is 108 Å². The van der Waals surface area contributed by atoms with Gasteiger partial charge in [0.05, 0.1) is 22.0 Å². The number of phenolic OH excluding ortho intramolecular Hbond substituents is 1. The van der Waals surface area contributed by atoms with Gasteiger partial charge >= 0.3 is 0 Å². The highest BCUT2D eigenvalue weighted by atomic mass is 35.5. The molecule has 11 heteroatoms. The second kappa shape index (κ2) is 9.05. The smallest absolute Gasteiger partial charge is 0.273 e. The second-order valence-electron chi connectivity index (χ2n) is 6.01. The number of nitrogens with one attached hydrogen (secondary N) is 2. The number of nitrogens with zero attached hydrogens (tertiary/aromatic N) is 1. The number of carbonyl (C=O) groups excluding carboxylic acids is 1. The number of para-hydroxylation sites is 1. The molecule has 1 amide bonds. The van der Waals surface area contributed by atoms with Crippen molar-refractivity contribution in [2.75, 3.05) is 4.72 Å². The quantitative estimate of drug-likeness (QED) is 0.348. The predicted octanol–water partition coefficient (Wildman–Crippen LogP) is 4.72. The van der Waals surface area contributed by atoms with Gasteiger partial charge in [-0.1, -0.05) is 41.4 Å². The summed E-state index contributed by atoms with van der Waals surface area (Å²) in [7, 11) is -3.83. The molecular formula is C19H15Cl2N3O4S2. The van der Waals surface area contributed by atoms with Gasteiger partial charge < -0.3 is 5.11 Å². The first-order valence-electron chi connectivity index (χ1n) is 8.37. The fourth-order valence-electron chi connectivity index (χ4n) is 2.48. The lowest BCUT2D eigenvalue weighted by molar-refractivity contribution is 0.0955. The van der Waals surface area contributed by atoms with Gasteiger partial charge in [-0.3, -0.25) is 9.52 Å². The second-order valence-corrected chi connectivity index (χ2v) is 9.71. The zero-order valence-electron chi connectivity index (χ0n) is 15.4. The molecule has 3 aromatic rings. The van der Waals surface area contributed by atoms with Gasteiger partial charge in [-0.05, 0) is 42.6 Å². The maximum Gasteiger partial charge on any atom is 0.273 e. The third kappa shape index (κ3) is 4.93. The zero-order valence-corrected chi connectivity index (χ0v) is 18.5. The van der Waals surface area contributed by atoms with Crippen molar-refractivity contribution < 1.29 is 18.3 Å². The van der Waals surface area contributed by atoms with Crippen molar-refractivity contribution >= 4 is 61.9 Å². The zero-order chi connectivity index (χ0) is 21.9. The molecule has 0 unspecified atom stereocenters. The maximum atomic E-state index is 12.6. The molecular weight excluding hydrogens is 469 g/mol. The Morgan fingerprint density at radius 1 is 1.10 bits per heavy atom. The van der Waals surface area contributed by atoms with E-state index in [4.69, 9.17) is 23.2 Å². The van der Waals surface area contributed by atoms with Crippen molar-refractivity contribution in [1.29, 1.82) is 0 Å². The summed E-state index contributed by atoms with van der Waals surface area (Å²) in [5.74, 6) is -0.868. The Bertz CT molecular complexity index is 1230. The van der Waals surface area contributed by atoms with E-state index in [1.165, 1.54) is 30.3 Å². The summed E-state index contributed by atoms with van der Waals surface area (Å²) in [6.07, 6.45) is 0. The highest BCUT2D eigenvalue weighted by Crippen LogP contribution is 2.31. The fourth-order valence-corrected chi connectivity index (χ4v) is 5.04. The van der Waals surface area contributed by atoms with Crippen LogP contribution < -0.4 is 10.1 Å². The number of phenols is 1. The van der Waals surface area contributed by atoms with Crippen molar-refractivity contribution in [3.8, 4) is 5.75 Å². The molecule has 0 radical (unpaired) electrons. The molecule has 7 nitrogen and oxygen atoms in total. The van der Waals surface area contributed by atoms with Crippen molar-refractivity contribution in [3.63, 3.8) is 0 Å². The summed E-state index contributed by atoms with van der Waals surface area (Å²) >= 11 is 12.9. The van der Waals surface area contributed by atoms with E-state index in [-0.39, 0.29) is 37.5 Å². The molecule has 1 heterocycles. The minimum atomic E-state index is -3.83. The van der Waals surface area contributed by atoms with Crippen LogP contribution in [0.15, 0.2) is 63.2 Å². The normalized spacial score (nSPS) is 11.9. The molecule has 1 aromatic heterocycles. The summed E-state index contributed by atoms with van der Waals surface area (Å²) in [4.78, 5) is 12.6. The van der Waals surface area contributed by atoms with Crippen LogP contribution in [0.2, 0.25) is 10.0 Å². The van der Waals surface area contributed by atoms with Crippen LogP contribution in [0.25, 0.3) is 0 Å². The number of thiophene rings is 1. The van der Waals surface area contributed by atoms with Gasteiger partial charge in [0.25, 0.3) is 15.9 Å². The van der Waals surface area contributed by atoms with Crippen LogP contribution in [-0.2, 0) is 10.0 Å². The van der Waals surface area contributed by atoms with Gasteiger partial charge in [0, 0.05) is 10.6 Å². The molecule has 0 saturated carbocycles. The first-order chi connectivity index (χ1) is 14.2. The van der Waals surface area contributed by atoms with E-state index >= 15 is 0 Å². The van der Waals surface area contributed by atoms with Crippen molar-refractivity contribution in [2.45, 2.75) is 11.1 Å². The number of hydrazone groups is 1. The maximum absolute atomic E-state index is 12.6. The van der Waals surface area contributed by atoms with Gasteiger partial charge in [0.15, 0.2) is 0 Å². The molecule has 30 heavy (non-hydrogen) atoms. The number of sulfonamides is 1. The fraction of sp³-hybridized carbons (Fsp3) is 0.0526. The standard InChI is InChI=1S/C19H15Cl2N3O4S2/c1-11(14-9-12(20)10-15(21)18(14)25)22-23-19(26)13-5-2-3-6-16(13)24-30(27,28)17-7-4-8-29-17/h2-10,24-25H,1H3,(H,23,26)/b22-11+. The number of anilines is 1. The van der Waals surface area contributed by atoms with E-state index in [0.29, 0.717) is 5.02 Å². The number of hydrogen-bond acceptors (Lipinski definition) is 6. The molecule has 0 aliphatic rings. The van der Waals surface area contributed by atoms with Gasteiger partial charge in [-0.15, -0.1) is 11.3 Å². The summed E-state index contributed by atoms with van der Waals surface area (Å²) in [6, 6.07) is 12.0. The largest absolute Gasteiger partial charge is 0.506 e. The van der Waals surface area contributed by atoms with Crippen molar-refractivity contribution in [2.24, 2.45) is 5.10 Å². The van der Waals surface area contributed by atoms with E-state index in [1.54, 1.807) is 30.5 Å². The van der Waals surface area contributed by atoms with Crippen LogP contribution in [-0.4, -0.2) is 25.1 Å². The third-order valence-corrected chi connectivity index (χ3v) is 7.19. The molecule has 0 aliphatic heterocycles. The first kappa shape index (κ1) is 22.1. The average Bonchev–Trinajstić information content (AvgIpc) is 3.24. The number of carbonyl (C=O) groups is 1. The lowest BCUT2D eigenvalue weighted by Crippen LogP contribution is -2.22. The third-order valence-electron chi connectivity index (χ3n) is 3.92. The average molecular weight is 484 g/mol. The van der Waals surface area contributed by atoms with Crippen LogP contribution in [0.4, 0.5) is 5.69 Å². The Kier molecular flexibility index (Phi) is 6.67.